The van der Waals surface area contributed by atoms with Crippen LogP contribution in [0.2, 0.25) is 0 Å². The van der Waals surface area contributed by atoms with E-state index in [9.17, 15) is 0 Å². The summed E-state index contributed by atoms with van der Waals surface area (Å²) in [7, 11) is 0. The van der Waals surface area contributed by atoms with Gasteiger partial charge in [0.05, 0.1) is 0 Å². The third-order valence-corrected chi connectivity index (χ3v) is 9.33. The van der Waals surface area contributed by atoms with Crippen molar-refractivity contribution in [3.63, 3.8) is 0 Å². The molecule has 0 aliphatic heterocycles. The molecule has 3 heteroatoms. The fraction of sp³-hybridized carbons (Fsp3) is 0.133. The van der Waals surface area contributed by atoms with E-state index in [2.05, 4.69) is 169 Å². The molecule has 0 fully saturated rings. The first-order valence-electron chi connectivity index (χ1n) is 16.5. The Balaban J connectivity index is 1.42. The number of hydrogen-bond donors (Lipinski definition) is 0. The Hall–Kier alpha value is -5.67. The van der Waals surface area contributed by atoms with E-state index in [-0.39, 0.29) is 0 Å². The highest BCUT2D eigenvalue weighted by molar-refractivity contribution is 5.79. The van der Waals surface area contributed by atoms with Crippen LogP contribution in [0.4, 0.5) is 0 Å². The highest BCUT2D eigenvalue weighted by Crippen LogP contribution is 2.36. The van der Waals surface area contributed by atoms with Crippen molar-refractivity contribution in [2.45, 2.75) is 41.5 Å². The third kappa shape index (κ3) is 5.96. The number of benzene rings is 6. The number of aryl methyl sites for hydroxylation is 6. The van der Waals surface area contributed by atoms with Gasteiger partial charge in [0, 0.05) is 16.7 Å². The van der Waals surface area contributed by atoms with Gasteiger partial charge in [0.2, 0.25) is 0 Å². The predicted octanol–water partition coefficient (Wildman–Crippen LogP) is 11.7. The molecule has 0 unspecified atom stereocenters. The summed E-state index contributed by atoms with van der Waals surface area (Å²) in [6.45, 7) is 13.0. The summed E-state index contributed by atoms with van der Waals surface area (Å²) in [6, 6.07) is 45.1. The summed E-state index contributed by atoms with van der Waals surface area (Å²) in [6.07, 6.45) is 0. The molecule has 0 bridgehead atoms. The molecule has 7 rings (SSSR count). The van der Waals surface area contributed by atoms with Crippen LogP contribution in [0.1, 0.15) is 33.4 Å². The van der Waals surface area contributed by atoms with Crippen LogP contribution in [0.5, 0.6) is 0 Å². The molecule has 3 nitrogen and oxygen atoms in total. The standard InChI is InChI=1S/C45H39N3/c1-28-25-40(31(4)22-37(28)34-16-10-7-11-17-34)43-46-44(41-26-29(2)38(23-32(41)5)35-18-12-8-13-19-35)48-45(47-43)42-27-30(3)39(24-33(42)6)36-20-14-9-15-21-36/h7-27H,1-6H3. The molecule has 0 aliphatic carbocycles. The molecule has 7 aromatic rings. The van der Waals surface area contributed by atoms with Crippen molar-refractivity contribution in [1.82, 2.24) is 15.0 Å². The summed E-state index contributed by atoms with van der Waals surface area (Å²) >= 11 is 0. The Morgan fingerprint density at radius 2 is 0.479 bits per heavy atom. The Bertz CT molecular complexity index is 2000. The van der Waals surface area contributed by atoms with Gasteiger partial charge >= 0.3 is 0 Å². The Kier molecular flexibility index (Phi) is 8.29. The van der Waals surface area contributed by atoms with Gasteiger partial charge in [0.1, 0.15) is 0 Å². The average molecular weight is 622 g/mol. The van der Waals surface area contributed by atoms with E-state index in [1.54, 1.807) is 0 Å². The van der Waals surface area contributed by atoms with Crippen molar-refractivity contribution < 1.29 is 0 Å². The van der Waals surface area contributed by atoms with Crippen molar-refractivity contribution in [2.75, 3.05) is 0 Å². The first kappa shape index (κ1) is 31.0. The van der Waals surface area contributed by atoms with Crippen molar-refractivity contribution >= 4 is 0 Å². The first-order valence-corrected chi connectivity index (χ1v) is 16.5. The number of rotatable bonds is 6. The van der Waals surface area contributed by atoms with Gasteiger partial charge in [-0.1, -0.05) is 109 Å². The van der Waals surface area contributed by atoms with Crippen LogP contribution in [-0.2, 0) is 0 Å². The van der Waals surface area contributed by atoms with E-state index in [0.29, 0.717) is 17.5 Å². The maximum absolute atomic E-state index is 5.20. The lowest BCUT2D eigenvalue weighted by Gasteiger charge is -2.17. The summed E-state index contributed by atoms with van der Waals surface area (Å²) in [5.74, 6) is 2.05. The quantitative estimate of drug-likeness (QED) is 0.185. The molecule has 234 valence electrons. The molecular weight excluding hydrogens is 583 g/mol. The minimum Gasteiger partial charge on any atom is -0.208 e. The van der Waals surface area contributed by atoms with E-state index < -0.39 is 0 Å². The average Bonchev–Trinajstić information content (AvgIpc) is 3.11. The zero-order chi connectivity index (χ0) is 33.4. The second-order valence-electron chi connectivity index (χ2n) is 12.9. The van der Waals surface area contributed by atoms with Gasteiger partial charge in [-0.3, -0.25) is 0 Å². The van der Waals surface area contributed by atoms with Crippen LogP contribution in [0, 0.1) is 41.5 Å². The highest BCUT2D eigenvalue weighted by Gasteiger charge is 2.19. The summed E-state index contributed by atoms with van der Waals surface area (Å²) < 4.78 is 0. The molecule has 0 atom stereocenters. The van der Waals surface area contributed by atoms with E-state index in [1.165, 1.54) is 50.1 Å². The first-order chi connectivity index (χ1) is 23.3. The molecule has 0 radical (unpaired) electrons. The zero-order valence-electron chi connectivity index (χ0n) is 28.5. The number of nitrogens with zero attached hydrogens (tertiary/aromatic N) is 3. The van der Waals surface area contributed by atoms with Gasteiger partial charge in [-0.05, 0) is 127 Å². The maximum atomic E-state index is 5.20. The van der Waals surface area contributed by atoms with Crippen molar-refractivity contribution in [2.24, 2.45) is 0 Å². The van der Waals surface area contributed by atoms with Crippen LogP contribution in [0.15, 0.2) is 127 Å². The van der Waals surface area contributed by atoms with Crippen molar-refractivity contribution in [1.29, 1.82) is 0 Å². The van der Waals surface area contributed by atoms with E-state index in [0.717, 1.165) is 33.4 Å². The summed E-state index contributed by atoms with van der Waals surface area (Å²) in [5, 5.41) is 0. The van der Waals surface area contributed by atoms with E-state index >= 15 is 0 Å². The topological polar surface area (TPSA) is 38.7 Å². The molecule has 48 heavy (non-hydrogen) atoms. The van der Waals surface area contributed by atoms with Gasteiger partial charge in [-0.2, -0.15) is 0 Å². The van der Waals surface area contributed by atoms with Gasteiger partial charge in [0.25, 0.3) is 0 Å². The Labute approximate surface area is 284 Å². The summed E-state index contributed by atoms with van der Waals surface area (Å²) in [4.78, 5) is 15.6. The fourth-order valence-electron chi connectivity index (χ4n) is 6.69. The van der Waals surface area contributed by atoms with E-state index in [1.807, 2.05) is 0 Å². The molecule has 0 N–H and O–H groups in total. The number of aromatic nitrogens is 3. The monoisotopic (exact) mass is 621 g/mol. The SMILES string of the molecule is Cc1cc(-c2nc(-c3cc(C)c(-c4ccccc4)cc3C)nc(-c3cc(C)c(-c4ccccc4)cc3C)n2)c(C)cc1-c1ccccc1. The van der Waals surface area contributed by atoms with E-state index in [4.69, 9.17) is 15.0 Å². The minimum absolute atomic E-state index is 0.684. The molecule has 6 aromatic carbocycles. The smallest absolute Gasteiger partial charge is 0.164 e. The third-order valence-electron chi connectivity index (χ3n) is 9.33. The van der Waals surface area contributed by atoms with Gasteiger partial charge in [0.15, 0.2) is 17.5 Å². The predicted molar refractivity (Wildman–Crippen MR) is 201 cm³/mol. The molecule has 0 aliphatic rings. The Morgan fingerprint density at radius 1 is 0.271 bits per heavy atom. The largest absolute Gasteiger partial charge is 0.208 e. The maximum Gasteiger partial charge on any atom is 0.164 e. The molecule has 1 heterocycles. The van der Waals surface area contributed by atoms with Gasteiger partial charge < -0.3 is 0 Å². The second kappa shape index (κ2) is 12.8. The molecule has 1 aromatic heterocycles. The van der Waals surface area contributed by atoms with Crippen LogP contribution in [-0.4, -0.2) is 15.0 Å². The molecule has 0 spiro atoms. The Morgan fingerprint density at radius 3 is 0.729 bits per heavy atom. The van der Waals surface area contributed by atoms with Crippen molar-refractivity contribution in [3.05, 3.63) is 161 Å². The van der Waals surface area contributed by atoms with Gasteiger partial charge in [-0.15, -0.1) is 0 Å². The zero-order valence-corrected chi connectivity index (χ0v) is 28.5. The van der Waals surface area contributed by atoms with Crippen LogP contribution >= 0.6 is 0 Å². The van der Waals surface area contributed by atoms with Crippen molar-refractivity contribution in [3.8, 4) is 67.5 Å². The normalized spacial score (nSPS) is 11.1. The van der Waals surface area contributed by atoms with Crippen LogP contribution in [0.3, 0.4) is 0 Å². The lowest BCUT2D eigenvalue weighted by molar-refractivity contribution is 1.06. The second-order valence-corrected chi connectivity index (χ2v) is 12.9. The fourth-order valence-corrected chi connectivity index (χ4v) is 6.69. The minimum atomic E-state index is 0.684. The summed E-state index contributed by atoms with van der Waals surface area (Å²) in [5.41, 5.74) is 17.3. The highest BCUT2D eigenvalue weighted by atomic mass is 15.0. The van der Waals surface area contributed by atoms with Crippen LogP contribution in [0.25, 0.3) is 67.5 Å². The van der Waals surface area contributed by atoms with Gasteiger partial charge in [-0.25, -0.2) is 15.0 Å². The molecule has 0 amide bonds. The number of hydrogen-bond acceptors (Lipinski definition) is 3. The van der Waals surface area contributed by atoms with Crippen LogP contribution < -0.4 is 0 Å². The molecule has 0 saturated heterocycles. The molecular formula is C45H39N3. The molecule has 0 saturated carbocycles. The lowest BCUT2D eigenvalue weighted by Crippen LogP contribution is -2.04. The lowest BCUT2D eigenvalue weighted by atomic mass is 9.93.